The van der Waals surface area contributed by atoms with Crippen molar-refractivity contribution in [2.75, 3.05) is 0 Å². The lowest BCUT2D eigenvalue weighted by molar-refractivity contribution is -0.168. The Bertz CT molecular complexity index is 914. The number of hydrogen-bond donors (Lipinski definition) is 2. The summed E-state index contributed by atoms with van der Waals surface area (Å²) >= 11 is 0. The molecule has 0 spiro atoms. The largest absolute Gasteiger partial charge is 0.393 e. The van der Waals surface area contributed by atoms with Crippen molar-refractivity contribution in [1.82, 2.24) is 0 Å². The molecule has 170 valence electrons. The fourth-order valence-electron chi connectivity index (χ4n) is 8.26. The molecule has 3 heteroatoms. The van der Waals surface area contributed by atoms with Crippen molar-refractivity contribution in [1.29, 1.82) is 0 Å². The van der Waals surface area contributed by atoms with E-state index in [1.54, 1.807) is 6.08 Å². The summed E-state index contributed by atoms with van der Waals surface area (Å²) in [5.41, 5.74) is 0.472. The lowest BCUT2D eigenvalue weighted by Gasteiger charge is -2.61. The van der Waals surface area contributed by atoms with Crippen molar-refractivity contribution in [2.24, 2.45) is 46.3 Å². The molecule has 0 saturated heterocycles. The number of aliphatic hydroxyl groups is 2. The van der Waals surface area contributed by atoms with Gasteiger partial charge in [-0.25, -0.2) is 0 Å². The number of carbonyl (C=O) groups is 1. The Hall–Kier alpha value is -0.670. The van der Waals surface area contributed by atoms with Gasteiger partial charge in [0.2, 0.25) is 0 Å². The van der Waals surface area contributed by atoms with Crippen molar-refractivity contribution < 1.29 is 24.6 Å². The maximum atomic E-state index is 12.1. The summed E-state index contributed by atoms with van der Waals surface area (Å²) < 4.78 is 54.4. The minimum Gasteiger partial charge on any atom is -0.393 e. The minimum atomic E-state index is -2.90. The lowest BCUT2D eigenvalue weighted by atomic mass is 9.45. The van der Waals surface area contributed by atoms with E-state index in [2.05, 4.69) is 20.8 Å². The van der Waals surface area contributed by atoms with Crippen LogP contribution in [0.15, 0.2) is 11.6 Å². The van der Waals surface area contributed by atoms with E-state index in [9.17, 15) is 15.0 Å². The van der Waals surface area contributed by atoms with Crippen molar-refractivity contribution in [3.05, 3.63) is 11.6 Å². The second-order valence-corrected chi connectivity index (χ2v) is 11.3. The van der Waals surface area contributed by atoms with Gasteiger partial charge in [-0.15, -0.1) is 0 Å². The maximum Gasteiger partial charge on any atom is 0.155 e. The minimum absolute atomic E-state index is 0.0629. The average Bonchev–Trinajstić information content (AvgIpc) is 3.12. The number of ketones is 1. The van der Waals surface area contributed by atoms with Gasteiger partial charge < -0.3 is 10.2 Å². The summed E-state index contributed by atoms with van der Waals surface area (Å²) in [5, 5.41) is 23.0. The quantitative estimate of drug-likeness (QED) is 0.610. The van der Waals surface area contributed by atoms with E-state index < -0.39 is 37.2 Å². The highest BCUT2D eigenvalue weighted by Gasteiger charge is 2.64. The highest BCUT2D eigenvalue weighted by Crippen LogP contribution is 2.67. The van der Waals surface area contributed by atoms with Gasteiger partial charge in [0.05, 0.1) is 12.2 Å². The summed E-state index contributed by atoms with van der Waals surface area (Å²) in [6, 6.07) is 0. The summed E-state index contributed by atoms with van der Waals surface area (Å²) in [6.07, 6.45) is 5.54. The van der Waals surface area contributed by atoms with E-state index in [0.717, 1.165) is 24.8 Å². The van der Waals surface area contributed by atoms with Gasteiger partial charge in [0, 0.05) is 16.0 Å². The van der Waals surface area contributed by atoms with Crippen molar-refractivity contribution in [2.45, 2.75) is 104 Å². The van der Waals surface area contributed by atoms with Crippen LogP contribution in [-0.4, -0.2) is 28.2 Å². The van der Waals surface area contributed by atoms with Crippen LogP contribution in [0, 0.1) is 46.3 Å². The van der Waals surface area contributed by atoms with Gasteiger partial charge in [-0.05, 0) is 84.5 Å². The number of fused-ring (bicyclic) bond motifs is 5. The van der Waals surface area contributed by atoms with Crippen LogP contribution >= 0.6 is 0 Å². The lowest BCUT2D eigenvalue weighted by Crippen LogP contribution is -2.60. The van der Waals surface area contributed by atoms with Crippen LogP contribution in [0.3, 0.4) is 0 Å². The molecule has 0 heterocycles. The zero-order chi connectivity index (χ0) is 27.8. The van der Waals surface area contributed by atoms with Gasteiger partial charge >= 0.3 is 0 Å². The molecule has 0 radical (unpaired) electrons. The predicted molar refractivity (Wildman–Crippen MR) is 121 cm³/mol. The normalized spacial score (nSPS) is 51.4. The average molecular weight is 424 g/mol. The molecule has 0 bridgehead atoms. The first-order chi connectivity index (χ1) is 16.9. The molecule has 4 aliphatic carbocycles. The Morgan fingerprint density at radius 1 is 1.23 bits per heavy atom. The monoisotopic (exact) mass is 423 g/mol. The number of hydrogen-bond acceptors (Lipinski definition) is 3. The van der Waals surface area contributed by atoms with Gasteiger partial charge in [0.25, 0.3) is 0 Å². The first-order valence-corrected chi connectivity index (χ1v) is 12.0. The van der Waals surface area contributed by atoms with E-state index in [1.807, 2.05) is 0 Å². The van der Waals surface area contributed by atoms with E-state index in [1.165, 1.54) is 0 Å². The maximum absolute atomic E-state index is 12.1. The third-order valence-corrected chi connectivity index (χ3v) is 9.94. The molecule has 3 fully saturated rings. The van der Waals surface area contributed by atoms with E-state index in [4.69, 9.17) is 9.60 Å². The molecule has 9 atom stereocenters. The fourth-order valence-corrected chi connectivity index (χ4v) is 8.26. The van der Waals surface area contributed by atoms with Crippen LogP contribution in [0.2, 0.25) is 0 Å². The first-order valence-electron chi connectivity index (χ1n) is 15.5. The fraction of sp³-hybridized carbons (Fsp3) is 0.889. The Labute approximate surface area is 193 Å². The molecule has 3 nitrogen and oxygen atoms in total. The molecule has 0 aliphatic heterocycles. The van der Waals surface area contributed by atoms with Crippen molar-refractivity contribution >= 4 is 5.78 Å². The zero-order valence-corrected chi connectivity index (χ0v) is 18.8. The molecule has 30 heavy (non-hydrogen) atoms. The highest BCUT2D eigenvalue weighted by molar-refractivity contribution is 5.91. The van der Waals surface area contributed by atoms with Gasteiger partial charge in [-0.3, -0.25) is 4.79 Å². The van der Waals surface area contributed by atoms with Crippen molar-refractivity contribution in [3.63, 3.8) is 0 Å². The van der Waals surface area contributed by atoms with E-state index >= 15 is 0 Å². The highest BCUT2D eigenvalue weighted by atomic mass is 16.3. The Kier molecular flexibility index (Phi) is 4.07. The van der Waals surface area contributed by atoms with Crippen molar-refractivity contribution in [3.8, 4) is 0 Å². The van der Waals surface area contributed by atoms with Gasteiger partial charge in [-0.1, -0.05) is 59.3 Å². The topological polar surface area (TPSA) is 57.5 Å². The van der Waals surface area contributed by atoms with Crippen LogP contribution in [0.5, 0.6) is 0 Å². The van der Waals surface area contributed by atoms with Crippen LogP contribution < -0.4 is 0 Å². The van der Waals surface area contributed by atoms with Gasteiger partial charge in [0.15, 0.2) is 5.78 Å². The first kappa shape index (κ1) is 15.2. The smallest absolute Gasteiger partial charge is 0.155 e. The zero-order valence-electron chi connectivity index (χ0n) is 25.8. The molecule has 4 aliphatic rings. The number of carbonyl (C=O) groups excluding carboxylic acids is 1. The molecule has 2 N–H and O–H groups in total. The molecule has 3 saturated carbocycles. The Morgan fingerprint density at radius 2 is 2.00 bits per heavy atom. The summed E-state index contributed by atoms with van der Waals surface area (Å²) in [5.74, 6) is -1.74. The van der Waals surface area contributed by atoms with E-state index in [-0.39, 0.29) is 47.2 Å². The predicted octanol–water partition coefficient (Wildman–Crippen LogP) is 5.54. The Balaban J connectivity index is 1.51. The standard InChI is InChI=1S/C27H44O3/c1-16(2)7-6-8-17(3)20-9-10-21-25-22(15-24(30)27(20,21)5)26(4)12-11-19(28)13-18(26)14-23(25)29/h13,16-17,20-25,29-30H,6-12,14-15H2,1-5H3/t17-,20-,21?,22?,23-,24+,25?,26+,27-/m1/s1/i1D3,2D3,16D. The molecular formula is C27H44O3. The molecule has 0 aromatic carbocycles. The van der Waals surface area contributed by atoms with E-state index in [0.29, 0.717) is 32.1 Å². The second-order valence-electron chi connectivity index (χ2n) is 11.3. The van der Waals surface area contributed by atoms with Crippen LogP contribution in [0.4, 0.5) is 0 Å². The molecule has 3 unspecified atom stereocenters. The second kappa shape index (κ2) is 8.03. The third kappa shape index (κ3) is 3.43. The van der Waals surface area contributed by atoms with Crippen LogP contribution in [0.1, 0.15) is 102 Å². The Morgan fingerprint density at radius 3 is 2.73 bits per heavy atom. The summed E-state index contributed by atoms with van der Waals surface area (Å²) in [6.45, 7) is 0.661. The number of rotatable bonds is 5. The third-order valence-electron chi connectivity index (χ3n) is 9.94. The molecule has 0 amide bonds. The molecule has 0 aromatic heterocycles. The molecule has 4 rings (SSSR count). The van der Waals surface area contributed by atoms with Crippen LogP contribution in [0.25, 0.3) is 0 Å². The molecular weight excluding hydrogens is 372 g/mol. The van der Waals surface area contributed by atoms with Gasteiger partial charge in [0.1, 0.15) is 0 Å². The molecule has 0 aromatic rings. The van der Waals surface area contributed by atoms with Crippen LogP contribution in [-0.2, 0) is 4.79 Å². The van der Waals surface area contributed by atoms with Gasteiger partial charge in [-0.2, -0.15) is 0 Å². The number of aliphatic hydroxyl groups excluding tert-OH is 2. The SMILES string of the molecule is [2H]C([2H])([2H])C([2H])(CCC[C@@H](C)[C@H]1CCC2C3C(C[C@H](O)[C@@]21C)[C@@]1(C)CCC(=O)C=C1C[C@H]3O)C([2H])([2H])[2H]. The summed E-state index contributed by atoms with van der Waals surface area (Å²) in [4.78, 5) is 12.1. The summed E-state index contributed by atoms with van der Waals surface area (Å²) in [7, 11) is 0.